The molecule has 1 saturated heterocycles. The van der Waals surface area contributed by atoms with Gasteiger partial charge in [0.05, 0.1) is 0 Å². The fraction of sp³-hybridized carbons (Fsp3) is 0.684. The average Bonchev–Trinajstić information content (AvgIpc) is 2.43. The summed E-state index contributed by atoms with van der Waals surface area (Å²) in [7, 11) is 0. The average molecular weight is 288 g/mol. The van der Waals surface area contributed by atoms with Crippen molar-refractivity contribution >= 4 is 0 Å². The van der Waals surface area contributed by atoms with Crippen LogP contribution in [-0.4, -0.2) is 29.6 Å². The molecule has 118 valence electrons. The van der Waals surface area contributed by atoms with E-state index in [1.807, 2.05) is 0 Å². The summed E-state index contributed by atoms with van der Waals surface area (Å²) in [6.45, 7) is 13.8. The largest absolute Gasteiger partial charge is 0.310 e. The van der Waals surface area contributed by atoms with Gasteiger partial charge in [-0.25, -0.2) is 0 Å². The van der Waals surface area contributed by atoms with Gasteiger partial charge < -0.3 is 5.32 Å². The third kappa shape index (κ3) is 4.82. The molecule has 2 rings (SSSR count). The first-order valence-corrected chi connectivity index (χ1v) is 8.42. The molecule has 1 aliphatic rings. The standard InChI is InChI=1S/C19H32N2/c1-15-11-12-16(2)21(14-15)18(13-20-19(3,4)5)17-9-7-6-8-10-17/h6-10,15-16,18,20H,11-14H2,1-5H3. The van der Waals surface area contributed by atoms with E-state index in [2.05, 4.69) is 75.2 Å². The lowest BCUT2D eigenvalue weighted by Gasteiger charge is -2.43. The van der Waals surface area contributed by atoms with E-state index in [9.17, 15) is 0 Å². The number of piperidine rings is 1. The van der Waals surface area contributed by atoms with E-state index in [0.717, 1.165) is 12.5 Å². The van der Waals surface area contributed by atoms with Gasteiger partial charge in [-0.15, -0.1) is 0 Å². The molecule has 3 unspecified atom stereocenters. The van der Waals surface area contributed by atoms with Gasteiger partial charge in [0.15, 0.2) is 0 Å². The Morgan fingerprint density at radius 3 is 2.43 bits per heavy atom. The minimum Gasteiger partial charge on any atom is -0.310 e. The normalized spacial score (nSPS) is 25.8. The number of nitrogens with zero attached hydrogens (tertiary/aromatic N) is 1. The van der Waals surface area contributed by atoms with Crippen LogP contribution in [0.15, 0.2) is 30.3 Å². The van der Waals surface area contributed by atoms with E-state index in [4.69, 9.17) is 0 Å². The SMILES string of the molecule is CC1CCC(C)N(C(CNC(C)(C)C)c2ccccc2)C1. The van der Waals surface area contributed by atoms with Gasteiger partial charge in [-0.1, -0.05) is 37.3 Å². The summed E-state index contributed by atoms with van der Waals surface area (Å²) in [5.74, 6) is 0.807. The molecule has 21 heavy (non-hydrogen) atoms. The van der Waals surface area contributed by atoms with Gasteiger partial charge in [0.2, 0.25) is 0 Å². The molecule has 1 aromatic rings. The van der Waals surface area contributed by atoms with Gasteiger partial charge >= 0.3 is 0 Å². The van der Waals surface area contributed by atoms with Crippen LogP contribution >= 0.6 is 0 Å². The first-order chi connectivity index (χ1) is 9.87. The summed E-state index contributed by atoms with van der Waals surface area (Å²) in [4.78, 5) is 2.71. The van der Waals surface area contributed by atoms with Gasteiger partial charge in [-0.2, -0.15) is 0 Å². The molecule has 1 aliphatic heterocycles. The van der Waals surface area contributed by atoms with Gasteiger partial charge in [-0.05, 0) is 52.0 Å². The van der Waals surface area contributed by atoms with Crippen molar-refractivity contribution in [1.82, 2.24) is 10.2 Å². The summed E-state index contributed by atoms with van der Waals surface area (Å²) in [5.41, 5.74) is 1.60. The van der Waals surface area contributed by atoms with Crippen LogP contribution in [0.25, 0.3) is 0 Å². The van der Waals surface area contributed by atoms with Crippen LogP contribution in [0.2, 0.25) is 0 Å². The van der Waals surface area contributed by atoms with Crippen molar-refractivity contribution in [3.63, 3.8) is 0 Å². The highest BCUT2D eigenvalue weighted by Gasteiger charge is 2.30. The fourth-order valence-corrected chi connectivity index (χ4v) is 3.26. The maximum absolute atomic E-state index is 3.71. The van der Waals surface area contributed by atoms with E-state index in [1.165, 1.54) is 24.9 Å². The minimum atomic E-state index is 0.164. The maximum Gasteiger partial charge on any atom is 0.0475 e. The number of benzene rings is 1. The van der Waals surface area contributed by atoms with Crippen molar-refractivity contribution in [3.05, 3.63) is 35.9 Å². The van der Waals surface area contributed by atoms with Gasteiger partial charge in [-0.3, -0.25) is 4.90 Å². The van der Waals surface area contributed by atoms with E-state index in [-0.39, 0.29) is 5.54 Å². The van der Waals surface area contributed by atoms with Crippen LogP contribution in [0.3, 0.4) is 0 Å². The highest BCUT2D eigenvalue weighted by molar-refractivity contribution is 5.20. The van der Waals surface area contributed by atoms with Crippen LogP contribution in [0.4, 0.5) is 0 Å². The first kappa shape index (κ1) is 16.5. The van der Waals surface area contributed by atoms with Crippen molar-refractivity contribution in [1.29, 1.82) is 0 Å². The Morgan fingerprint density at radius 1 is 1.14 bits per heavy atom. The fourth-order valence-electron chi connectivity index (χ4n) is 3.26. The number of hydrogen-bond acceptors (Lipinski definition) is 2. The van der Waals surface area contributed by atoms with Gasteiger partial charge in [0.25, 0.3) is 0 Å². The molecule has 0 aliphatic carbocycles. The molecule has 1 N–H and O–H groups in total. The summed E-state index contributed by atoms with van der Waals surface area (Å²) < 4.78 is 0. The number of nitrogens with one attached hydrogen (secondary N) is 1. The highest BCUT2D eigenvalue weighted by Crippen LogP contribution is 2.30. The Balaban J connectivity index is 2.18. The predicted octanol–water partition coefficient (Wildman–Crippen LogP) is 4.24. The third-order valence-electron chi connectivity index (χ3n) is 4.58. The van der Waals surface area contributed by atoms with Crippen molar-refractivity contribution < 1.29 is 0 Å². The monoisotopic (exact) mass is 288 g/mol. The molecular formula is C19H32N2. The lowest BCUT2D eigenvalue weighted by atomic mass is 9.91. The molecule has 1 fully saturated rings. The number of likely N-dealkylation sites (tertiary alicyclic amines) is 1. The molecule has 2 nitrogen and oxygen atoms in total. The Kier molecular flexibility index (Phi) is 5.45. The predicted molar refractivity (Wildman–Crippen MR) is 91.5 cm³/mol. The van der Waals surface area contributed by atoms with Crippen LogP contribution in [0, 0.1) is 5.92 Å². The van der Waals surface area contributed by atoms with Gasteiger partial charge in [0.1, 0.15) is 0 Å². The van der Waals surface area contributed by atoms with Crippen molar-refractivity contribution in [2.24, 2.45) is 5.92 Å². The van der Waals surface area contributed by atoms with Crippen molar-refractivity contribution in [2.45, 2.75) is 65.1 Å². The van der Waals surface area contributed by atoms with Crippen LogP contribution in [-0.2, 0) is 0 Å². The molecule has 0 amide bonds. The van der Waals surface area contributed by atoms with Crippen molar-refractivity contribution in [2.75, 3.05) is 13.1 Å². The zero-order valence-corrected chi connectivity index (χ0v) is 14.4. The second-order valence-corrected chi connectivity index (χ2v) is 7.79. The molecule has 0 bridgehead atoms. The number of hydrogen-bond donors (Lipinski definition) is 1. The minimum absolute atomic E-state index is 0.164. The second kappa shape index (κ2) is 6.93. The van der Waals surface area contributed by atoms with Crippen LogP contribution in [0.1, 0.15) is 59.1 Å². The Hall–Kier alpha value is -0.860. The van der Waals surface area contributed by atoms with Gasteiger partial charge in [0, 0.05) is 30.7 Å². The summed E-state index contributed by atoms with van der Waals surface area (Å²) in [6, 6.07) is 12.1. The quantitative estimate of drug-likeness (QED) is 0.891. The molecule has 0 radical (unpaired) electrons. The lowest BCUT2D eigenvalue weighted by Crippen LogP contribution is -2.49. The number of rotatable bonds is 4. The molecule has 3 atom stereocenters. The van der Waals surface area contributed by atoms with Crippen LogP contribution in [0.5, 0.6) is 0 Å². The maximum atomic E-state index is 3.71. The summed E-state index contributed by atoms with van der Waals surface area (Å²) in [6.07, 6.45) is 2.69. The third-order valence-corrected chi connectivity index (χ3v) is 4.58. The lowest BCUT2D eigenvalue weighted by molar-refractivity contribution is 0.0725. The Bertz CT molecular complexity index is 421. The second-order valence-electron chi connectivity index (χ2n) is 7.79. The smallest absolute Gasteiger partial charge is 0.0475 e. The summed E-state index contributed by atoms with van der Waals surface area (Å²) >= 11 is 0. The van der Waals surface area contributed by atoms with E-state index >= 15 is 0 Å². The van der Waals surface area contributed by atoms with Crippen LogP contribution < -0.4 is 5.32 Å². The molecule has 0 aromatic heterocycles. The highest BCUT2D eigenvalue weighted by atomic mass is 15.2. The molecule has 2 heteroatoms. The Labute approximate surface area is 130 Å². The molecular weight excluding hydrogens is 256 g/mol. The Morgan fingerprint density at radius 2 is 1.81 bits per heavy atom. The van der Waals surface area contributed by atoms with Crippen molar-refractivity contribution in [3.8, 4) is 0 Å². The molecule has 1 heterocycles. The van der Waals surface area contributed by atoms with E-state index in [1.54, 1.807) is 0 Å². The zero-order chi connectivity index (χ0) is 15.5. The summed E-state index contributed by atoms with van der Waals surface area (Å²) in [5, 5.41) is 3.71. The van der Waals surface area contributed by atoms with E-state index in [0.29, 0.717) is 12.1 Å². The molecule has 0 saturated carbocycles. The molecule has 0 spiro atoms. The molecule has 1 aromatic carbocycles. The first-order valence-electron chi connectivity index (χ1n) is 8.42. The zero-order valence-electron chi connectivity index (χ0n) is 14.4. The van der Waals surface area contributed by atoms with E-state index < -0.39 is 0 Å². The topological polar surface area (TPSA) is 15.3 Å².